The van der Waals surface area contributed by atoms with Crippen LogP contribution in [0.5, 0.6) is 0 Å². The summed E-state index contributed by atoms with van der Waals surface area (Å²) in [7, 11) is 0. The first-order valence-electron chi connectivity index (χ1n) is 6.53. The Balaban J connectivity index is 2.05. The molecule has 0 spiro atoms. The largest absolute Gasteiger partial charge is 0.366 e. The number of rotatable bonds is 3. The lowest BCUT2D eigenvalue weighted by Gasteiger charge is -2.35. The Kier molecular flexibility index (Phi) is 4.45. The van der Waals surface area contributed by atoms with Gasteiger partial charge >= 0.3 is 0 Å². The number of halogens is 1. The summed E-state index contributed by atoms with van der Waals surface area (Å²) in [6.45, 7) is 4.87. The Morgan fingerprint density at radius 2 is 2.26 bits per heavy atom. The molecule has 1 aliphatic heterocycles. The highest BCUT2D eigenvalue weighted by Crippen LogP contribution is 2.22. The lowest BCUT2D eigenvalue weighted by molar-refractivity contribution is 0.1000. The second-order valence-corrected chi connectivity index (χ2v) is 5.74. The van der Waals surface area contributed by atoms with Gasteiger partial charge in [0, 0.05) is 29.7 Å². The Morgan fingerprint density at radius 1 is 1.53 bits per heavy atom. The third kappa shape index (κ3) is 3.47. The zero-order chi connectivity index (χ0) is 14.0. The molecule has 0 aromatic heterocycles. The van der Waals surface area contributed by atoms with Crippen LogP contribution in [0.2, 0.25) is 5.02 Å². The molecule has 2 atom stereocenters. The van der Waals surface area contributed by atoms with Crippen molar-refractivity contribution in [3.63, 3.8) is 0 Å². The van der Waals surface area contributed by atoms with E-state index >= 15 is 0 Å². The van der Waals surface area contributed by atoms with Crippen molar-refractivity contribution < 1.29 is 4.79 Å². The minimum absolute atomic E-state index is 0.220. The summed E-state index contributed by atoms with van der Waals surface area (Å²) in [5.41, 5.74) is 12.8. The Morgan fingerprint density at radius 3 is 2.84 bits per heavy atom. The van der Waals surface area contributed by atoms with Gasteiger partial charge in [-0.15, -0.1) is 0 Å². The number of benzene rings is 1. The van der Waals surface area contributed by atoms with E-state index in [9.17, 15) is 4.79 Å². The normalized spacial score (nSPS) is 24.4. The van der Waals surface area contributed by atoms with Crippen molar-refractivity contribution in [3.8, 4) is 0 Å². The van der Waals surface area contributed by atoms with Gasteiger partial charge in [0.2, 0.25) is 5.91 Å². The van der Waals surface area contributed by atoms with Gasteiger partial charge in [0.15, 0.2) is 0 Å². The van der Waals surface area contributed by atoms with Gasteiger partial charge < -0.3 is 11.5 Å². The summed E-state index contributed by atoms with van der Waals surface area (Å²) >= 11 is 6.19. The van der Waals surface area contributed by atoms with Crippen molar-refractivity contribution in [1.29, 1.82) is 0 Å². The lowest BCUT2D eigenvalue weighted by Crippen LogP contribution is -2.47. The van der Waals surface area contributed by atoms with Crippen LogP contribution in [0.3, 0.4) is 0 Å². The van der Waals surface area contributed by atoms with Crippen molar-refractivity contribution in [3.05, 3.63) is 34.3 Å². The van der Waals surface area contributed by atoms with Crippen LogP contribution in [0.4, 0.5) is 0 Å². The minimum atomic E-state index is -0.456. The summed E-state index contributed by atoms with van der Waals surface area (Å²) < 4.78 is 0. The van der Waals surface area contributed by atoms with E-state index in [2.05, 4.69) is 11.8 Å². The van der Waals surface area contributed by atoms with Crippen LogP contribution in [-0.4, -0.2) is 29.9 Å². The van der Waals surface area contributed by atoms with Crippen molar-refractivity contribution in [2.45, 2.75) is 25.9 Å². The van der Waals surface area contributed by atoms with Gasteiger partial charge in [-0.3, -0.25) is 9.69 Å². The number of piperidine rings is 1. The first kappa shape index (κ1) is 14.3. The van der Waals surface area contributed by atoms with E-state index in [4.69, 9.17) is 23.1 Å². The molecule has 1 saturated heterocycles. The molecule has 5 heteroatoms. The number of nitrogens with zero attached hydrogens (tertiary/aromatic N) is 1. The number of carbonyl (C=O) groups excluding carboxylic acids is 1. The molecule has 1 aliphatic rings. The molecule has 0 saturated carbocycles. The van der Waals surface area contributed by atoms with Crippen LogP contribution in [-0.2, 0) is 6.54 Å². The van der Waals surface area contributed by atoms with Gasteiger partial charge in [0.1, 0.15) is 0 Å². The molecular weight excluding hydrogens is 262 g/mol. The van der Waals surface area contributed by atoms with Gasteiger partial charge in [0.05, 0.1) is 0 Å². The van der Waals surface area contributed by atoms with Gasteiger partial charge in [-0.2, -0.15) is 0 Å². The van der Waals surface area contributed by atoms with Crippen molar-refractivity contribution in [1.82, 2.24) is 4.90 Å². The summed E-state index contributed by atoms with van der Waals surface area (Å²) in [6.07, 6.45) is 1.11. The van der Waals surface area contributed by atoms with Crippen LogP contribution < -0.4 is 11.5 Å². The quantitative estimate of drug-likeness (QED) is 0.884. The number of carbonyl (C=O) groups is 1. The summed E-state index contributed by atoms with van der Waals surface area (Å²) in [5, 5.41) is 0.587. The molecule has 104 valence electrons. The fraction of sp³-hybridized carbons (Fsp3) is 0.500. The molecule has 0 radical (unpaired) electrons. The van der Waals surface area contributed by atoms with E-state index in [0.717, 1.165) is 31.6 Å². The average Bonchev–Trinajstić information content (AvgIpc) is 2.36. The number of hydrogen-bond donors (Lipinski definition) is 2. The number of amides is 1. The van der Waals surface area contributed by atoms with Gasteiger partial charge in [0.25, 0.3) is 0 Å². The highest BCUT2D eigenvalue weighted by atomic mass is 35.5. The molecule has 4 nitrogen and oxygen atoms in total. The SMILES string of the molecule is CC1CCN(Cc2ccc(C(N)=O)cc2Cl)CC1N. The number of likely N-dealkylation sites (tertiary alicyclic amines) is 1. The molecule has 2 unspecified atom stereocenters. The van der Waals surface area contributed by atoms with Gasteiger partial charge in [-0.1, -0.05) is 24.6 Å². The average molecular weight is 282 g/mol. The standard InChI is InChI=1S/C14H20ClN3O/c1-9-4-5-18(8-13(9)16)7-11-3-2-10(14(17)19)6-12(11)15/h2-3,6,9,13H,4-5,7-8,16H2,1H3,(H2,17,19). The Bertz CT molecular complexity index is 478. The number of hydrogen-bond acceptors (Lipinski definition) is 3. The van der Waals surface area contributed by atoms with Crippen LogP contribution in [0.25, 0.3) is 0 Å². The van der Waals surface area contributed by atoms with E-state index in [-0.39, 0.29) is 6.04 Å². The predicted octanol–water partition coefficient (Wildman–Crippen LogP) is 1.61. The molecule has 19 heavy (non-hydrogen) atoms. The highest BCUT2D eigenvalue weighted by Gasteiger charge is 2.23. The molecule has 0 aliphatic carbocycles. The molecular formula is C14H20ClN3O. The third-order valence-corrected chi connectivity index (χ3v) is 4.18. The zero-order valence-corrected chi connectivity index (χ0v) is 11.9. The minimum Gasteiger partial charge on any atom is -0.366 e. The Hall–Kier alpha value is -1.10. The van der Waals surface area contributed by atoms with Crippen molar-refractivity contribution in [2.24, 2.45) is 17.4 Å². The van der Waals surface area contributed by atoms with Gasteiger partial charge in [-0.25, -0.2) is 0 Å². The number of primary amides is 1. The summed E-state index contributed by atoms with van der Waals surface area (Å²) in [5.74, 6) is 0.117. The van der Waals surface area contributed by atoms with Crippen LogP contribution >= 0.6 is 11.6 Å². The van der Waals surface area contributed by atoms with E-state index < -0.39 is 5.91 Å². The maximum atomic E-state index is 11.1. The molecule has 4 N–H and O–H groups in total. The van der Waals surface area contributed by atoms with Crippen LogP contribution in [0.15, 0.2) is 18.2 Å². The fourth-order valence-corrected chi connectivity index (χ4v) is 2.62. The maximum Gasteiger partial charge on any atom is 0.248 e. The van der Waals surface area contributed by atoms with E-state index in [1.165, 1.54) is 0 Å². The first-order valence-corrected chi connectivity index (χ1v) is 6.91. The molecule has 1 fully saturated rings. The molecule has 1 amide bonds. The molecule has 1 heterocycles. The topological polar surface area (TPSA) is 72.3 Å². The molecule has 0 bridgehead atoms. The van der Waals surface area contributed by atoms with E-state index in [1.54, 1.807) is 12.1 Å². The summed E-state index contributed by atoms with van der Waals surface area (Å²) in [4.78, 5) is 13.4. The molecule has 1 aromatic rings. The smallest absolute Gasteiger partial charge is 0.248 e. The first-order chi connectivity index (χ1) is 8.97. The summed E-state index contributed by atoms with van der Waals surface area (Å²) in [6, 6.07) is 5.44. The fourth-order valence-electron chi connectivity index (χ4n) is 2.38. The monoisotopic (exact) mass is 281 g/mol. The third-order valence-electron chi connectivity index (χ3n) is 3.83. The second-order valence-electron chi connectivity index (χ2n) is 5.34. The second kappa shape index (κ2) is 5.90. The van der Waals surface area contributed by atoms with E-state index in [1.807, 2.05) is 6.07 Å². The predicted molar refractivity (Wildman–Crippen MR) is 77.0 cm³/mol. The lowest BCUT2D eigenvalue weighted by atomic mass is 9.94. The van der Waals surface area contributed by atoms with Crippen molar-refractivity contribution in [2.75, 3.05) is 13.1 Å². The Labute approximate surface area is 118 Å². The zero-order valence-electron chi connectivity index (χ0n) is 11.1. The van der Waals surface area contributed by atoms with Crippen LogP contribution in [0, 0.1) is 5.92 Å². The number of nitrogens with two attached hydrogens (primary N) is 2. The van der Waals surface area contributed by atoms with Gasteiger partial charge in [-0.05, 0) is 36.6 Å². The van der Waals surface area contributed by atoms with E-state index in [0.29, 0.717) is 16.5 Å². The highest BCUT2D eigenvalue weighted by molar-refractivity contribution is 6.31. The maximum absolute atomic E-state index is 11.1. The van der Waals surface area contributed by atoms with Crippen molar-refractivity contribution >= 4 is 17.5 Å². The molecule has 1 aromatic carbocycles. The van der Waals surface area contributed by atoms with Crippen LogP contribution in [0.1, 0.15) is 29.3 Å². The molecule has 2 rings (SSSR count).